The smallest absolute Gasteiger partial charge is 0.306 e. The number of aliphatic carboxylic acids is 1. The van der Waals surface area contributed by atoms with Gasteiger partial charge >= 0.3 is 5.97 Å². The monoisotopic (exact) mass is 196 g/mol. The first-order valence-corrected chi connectivity index (χ1v) is 5.95. The number of rotatable bonds is 3. The predicted octanol–water partition coefficient (Wildman–Crippen LogP) is 2.92. The lowest BCUT2D eigenvalue weighted by molar-refractivity contribution is -0.145. The minimum Gasteiger partial charge on any atom is -0.481 e. The molecule has 0 bridgehead atoms. The predicted molar refractivity (Wildman–Crippen MR) is 55.0 cm³/mol. The molecule has 0 aliphatic heterocycles. The third kappa shape index (κ3) is 1.94. The Morgan fingerprint density at radius 3 is 2.50 bits per heavy atom. The van der Waals surface area contributed by atoms with E-state index in [0.717, 1.165) is 24.7 Å². The van der Waals surface area contributed by atoms with Gasteiger partial charge in [-0.1, -0.05) is 13.3 Å². The van der Waals surface area contributed by atoms with Crippen molar-refractivity contribution in [3.8, 4) is 0 Å². The van der Waals surface area contributed by atoms with Crippen LogP contribution in [0.2, 0.25) is 0 Å². The second kappa shape index (κ2) is 3.92. The molecule has 0 aromatic carbocycles. The van der Waals surface area contributed by atoms with Crippen molar-refractivity contribution in [2.45, 2.75) is 45.4 Å². The SMILES string of the molecule is CCC1CCC(C(=O)O)C(C2CC2)C1. The standard InChI is InChI=1S/C12H20O2/c1-2-8-3-6-10(12(13)14)11(7-8)9-4-5-9/h8-11H,2-7H2,1H3,(H,13,14). The Labute approximate surface area is 85.7 Å². The first-order valence-electron chi connectivity index (χ1n) is 5.95. The zero-order chi connectivity index (χ0) is 10.1. The van der Waals surface area contributed by atoms with Gasteiger partial charge in [0.15, 0.2) is 0 Å². The molecule has 14 heavy (non-hydrogen) atoms. The van der Waals surface area contributed by atoms with Gasteiger partial charge in [-0.25, -0.2) is 0 Å². The summed E-state index contributed by atoms with van der Waals surface area (Å²) in [6.07, 6.45) is 7.04. The second-order valence-corrected chi connectivity index (χ2v) is 5.03. The van der Waals surface area contributed by atoms with Crippen molar-refractivity contribution in [3.05, 3.63) is 0 Å². The molecule has 2 fully saturated rings. The van der Waals surface area contributed by atoms with Crippen LogP contribution in [0.4, 0.5) is 0 Å². The van der Waals surface area contributed by atoms with E-state index in [1.54, 1.807) is 0 Å². The van der Waals surface area contributed by atoms with Gasteiger partial charge < -0.3 is 5.11 Å². The molecule has 2 aliphatic carbocycles. The van der Waals surface area contributed by atoms with Gasteiger partial charge in [0.2, 0.25) is 0 Å². The number of hydrogen-bond donors (Lipinski definition) is 1. The van der Waals surface area contributed by atoms with E-state index in [0.29, 0.717) is 5.92 Å². The van der Waals surface area contributed by atoms with E-state index in [4.69, 9.17) is 5.11 Å². The third-order valence-corrected chi connectivity index (χ3v) is 4.13. The Morgan fingerprint density at radius 2 is 2.00 bits per heavy atom. The molecule has 2 rings (SSSR count). The maximum atomic E-state index is 11.1. The van der Waals surface area contributed by atoms with E-state index in [-0.39, 0.29) is 5.92 Å². The molecule has 3 unspecified atom stereocenters. The molecule has 0 aromatic heterocycles. The summed E-state index contributed by atoms with van der Waals surface area (Å²) in [5.74, 6) is 1.50. The molecule has 0 heterocycles. The Kier molecular flexibility index (Phi) is 2.80. The van der Waals surface area contributed by atoms with Crippen LogP contribution in [0.1, 0.15) is 45.4 Å². The Morgan fingerprint density at radius 1 is 1.29 bits per heavy atom. The zero-order valence-electron chi connectivity index (χ0n) is 8.91. The topological polar surface area (TPSA) is 37.3 Å². The first kappa shape index (κ1) is 10.0. The lowest BCUT2D eigenvalue weighted by atomic mass is 9.71. The lowest BCUT2D eigenvalue weighted by Crippen LogP contribution is -2.31. The Bertz CT molecular complexity index is 220. The molecular weight excluding hydrogens is 176 g/mol. The zero-order valence-corrected chi connectivity index (χ0v) is 8.91. The van der Waals surface area contributed by atoms with Crippen molar-refractivity contribution < 1.29 is 9.90 Å². The highest BCUT2D eigenvalue weighted by Crippen LogP contribution is 2.48. The van der Waals surface area contributed by atoms with Crippen molar-refractivity contribution in [3.63, 3.8) is 0 Å². The molecule has 1 N–H and O–H groups in total. The molecule has 2 saturated carbocycles. The summed E-state index contributed by atoms with van der Waals surface area (Å²) in [6, 6.07) is 0. The second-order valence-electron chi connectivity index (χ2n) is 5.03. The van der Waals surface area contributed by atoms with Crippen LogP contribution in [0.3, 0.4) is 0 Å². The summed E-state index contributed by atoms with van der Waals surface area (Å²) in [7, 11) is 0. The van der Waals surface area contributed by atoms with Crippen LogP contribution in [0.15, 0.2) is 0 Å². The fourth-order valence-electron chi connectivity index (χ4n) is 3.02. The maximum Gasteiger partial charge on any atom is 0.306 e. The summed E-state index contributed by atoms with van der Waals surface area (Å²) in [4.78, 5) is 11.1. The van der Waals surface area contributed by atoms with Crippen LogP contribution < -0.4 is 0 Å². The van der Waals surface area contributed by atoms with E-state index in [2.05, 4.69) is 6.92 Å². The van der Waals surface area contributed by atoms with Crippen molar-refractivity contribution in [1.82, 2.24) is 0 Å². The van der Waals surface area contributed by atoms with Crippen molar-refractivity contribution in [1.29, 1.82) is 0 Å². The summed E-state index contributed by atoms with van der Waals surface area (Å²) in [6.45, 7) is 2.23. The summed E-state index contributed by atoms with van der Waals surface area (Å²) >= 11 is 0. The molecule has 0 amide bonds. The fourth-order valence-corrected chi connectivity index (χ4v) is 3.02. The molecule has 80 valence electrons. The molecule has 0 aromatic rings. The minimum absolute atomic E-state index is 0.0229. The Hall–Kier alpha value is -0.530. The van der Waals surface area contributed by atoms with Crippen LogP contribution in [-0.2, 0) is 4.79 Å². The first-order chi connectivity index (χ1) is 6.72. The lowest BCUT2D eigenvalue weighted by Gasteiger charge is -2.33. The average Bonchev–Trinajstić information content (AvgIpc) is 3.00. The van der Waals surface area contributed by atoms with Crippen LogP contribution >= 0.6 is 0 Å². The van der Waals surface area contributed by atoms with Crippen LogP contribution in [0.5, 0.6) is 0 Å². The van der Waals surface area contributed by atoms with Crippen LogP contribution in [-0.4, -0.2) is 11.1 Å². The van der Waals surface area contributed by atoms with E-state index in [1.165, 1.54) is 25.7 Å². The number of carbonyl (C=O) groups is 1. The van der Waals surface area contributed by atoms with E-state index >= 15 is 0 Å². The van der Waals surface area contributed by atoms with Crippen LogP contribution in [0, 0.1) is 23.7 Å². The van der Waals surface area contributed by atoms with E-state index < -0.39 is 5.97 Å². The summed E-state index contributed by atoms with van der Waals surface area (Å²) in [5.41, 5.74) is 0. The largest absolute Gasteiger partial charge is 0.481 e. The maximum absolute atomic E-state index is 11.1. The van der Waals surface area contributed by atoms with Crippen molar-refractivity contribution in [2.75, 3.05) is 0 Å². The molecule has 2 heteroatoms. The average molecular weight is 196 g/mol. The normalized spacial score (nSPS) is 38.2. The molecule has 3 atom stereocenters. The van der Waals surface area contributed by atoms with Gasteiger partial charge in [-0.2, -0.15) is 0 Å². The van der Waals surface area contributed by atoms with Gasteiger partial charge in [-0.15, -0.1) is 0 Å². The van der Waals surface area contributed by atoms with Gasteiger partial charge in [-0.3, -0.25) is 4.79 Å². The highest BCUT2D eigenvalue weighted by molar-refractivity contribution is 5.70. The number of carboxylic acids is 1. The third-order valence-electron chi connectivity index (χ3n) is 4.13. The minimum atomic E-state index is -0.545. The molecular formula is C12H20O2. The van der Waals surface area contributed by atoms with Gasteiger partial charge in [0.1, 0.15) is 0 Å². The quantitative estimate of drug-likeness (QED) is 0.753. The van der Waals surface area contributed by atoms with Crippen LogP contribution in [0.25, 0.3) is 0 Å². The van der Waals surface area contributed by atoms with E-state index in [1.807, 2.05) is 0 Å². The van der Waals surface area contributed by atoms with Crippen molar-refractivity contribution in [2.24, 2.45) is 23.7 Å². The number of hydrogen-bond acceptors (Lipinski definition) is 1. The van der Waals surface area contributed by atoms with Gasteiger partial charge in [0.25, 0.3) is 0 Å². The molecule has 0 spiro atoms. The fraction of sp³-hybridized carbons (Fsp3) is 0.917. The van der Waals surface area contributed by atoms with E-state index in [9.17, 15) is 4.79 Å². The number of carboxylic acid groups (broad SMARTS) is 1. The molecule has 0 saturated heterocycles. The highest BCUT2D eigenvalue weighted by Gasteiger charge is 2.42. The van der Waals surface area contributed by atoms with Gasteiger partial charge in [0.05, 0.1) is 5.92 Å². The van der Waals surface area contributed by atoms with Crippen molar-refractivity contribution >= 4 is 5.97 Å². The van der Waals surface area contributed by atoms with Gasteiger partial charge in [-0.05, 0) is 49.9 Å². The Balaban J connectivity index is 2.00. The summed E-state index contributed by atoms with van der Waals surface area (Å²) < 4.78 is 0. The molecule has 2 aliphatic rings. The summed E-state index contributed by atoms with van der Waals surface area (Å²) in [5, 5.41) is 9.14. The highest BCUT2D eigenvalue weighted by atomic mass is 16.4. The molecule has 0 radical (unpaired) electrons. The molecule has 2 nitrogen and oxygen atoms in total. The van der Waals surface area contributed by atoms with Gasteiger partial charge in [0, 0.05) is 0 Å².